The number of hydrogen-bond donors (Lipinski definition) is 0. The minimum atomic E-state index is -3.55. The SMILES string of the molecule is COc1ccc(S(=O)(=O)N2CCN(C(=O)CCN3CCCC3)CC2)cc1C. The molecule has 150 valence electrons. The maximum atomic E-state index is 12.9. The molecule has 0 radical (unpaired) electrons. The zero-order valence-corrected chi connectivity index (χ0v) is 17.0. The summed E-state index contributed by atoms with van der Waals surface area (Å²) in [6.45, 7) is 6.38. The van der Waals surface area contributed by atoms with Crippen LogP contribution in [0.15, 0.2) is 23.1 Å². The van der Waals surface area contributed by atoms with E-state index in [4.69, 9.17) is 4.74 Å². The molecule has 0 saturated carbocycles. The second-order valence-electron chi connectivity index (χ2n) is 7.22. The van der Waals surface area contributed by atoms with Gasteiger partial charge in [0.2, 0.25) is 15.9 Å². The number of methoxy groups -OCH3 is 1. The van der Waals surface area contributed by atoms with E-state index in [-0.39, 0.29) is 10.8 Å². The largest absolute Gasteiger partial charge is 0.496 e. The molecule has 2 aliphatic heterocycles. The summed E-state index contributed by atoms with van der Waals surface area (Å²) in [6.07, 6.45) is 2.95. The number of nitrogens with zero attached hydrogens (tertiary/aromatic N) is 3. The zero-order valence-electron chi connectivity index (χ0n) is 16.2. The van der Waals surface area contributed by atoms with E-state index in [1.165, 1.54) is 17.1 Å². The van der Waals surface area contributed by atoms with Gasteiger partial charge in [0, 0.05) is 39.1 Å². The summed E-state index contributed by atoms with van der Waals surface area (Å²) in [5.41, 5.74) is 0.786. The maximum Gasteiger partial charge on any atom is 0.243 e. The van der Waals surface area contributed by atoms with Crippen molar-refractivity contribution in [1.82, 2.24) is 14.1 Å². The second-order valence-corrected chi connectivity index (χ2v) is 9.15. The van der Waals surface area contributed by atoms with Crippen molar-refractivity contribution in [2.24, 2.45) is 0 Å². The zero-order chi connectivity index (χ0) is 19.4. The predicted octanol–water partition coefficient (Wildman–Crippen LogP) is 1.32. The molecule has 8 heteroatoms. The highest BCUT2D eigenvalue weighted by Gasteiger charge is 2.30. The minimum absolute atomic E-state index is 0.124. The second kappa shape index (κ2) is 8.58. The van der Waals surface area contributed by atoms with E-state index in [0.29, 0.717) is 38.3 Å². The van der Waals surface area contributed by atoms with Gasteiger partial charge in [0.15, 0.2) is 0 Å². The first kappa shape index (κ1) is 20.1. The van der Waals surface area contributed by atoms with Crippen molar-refractivity contribution in [3.63, 3.8) is 0 Å². The fraction of sp³-hybridized carbons (Fsp3) is 0.632. The smallest absolute Gasteiger partial charge is 0.243 e. The Morgan fingerprint density at radius 3 is 2.33 bits per heavy atom. The molecule has 0 atom stereocenters. The van der Waals surface area contributed by atoms with Gasteiger partial charge in [-0.15, -0.1) is 0 Å². The molecule has 1 amide bonds. The van der Waals surface area contributed by atoms with Gasteiger partial charge in [-0.05, 0) is 56.6 Å². The van der Waals surface area contributed by atoms with Gasteiger partial charge in [0.1, 0.15) is 5.75 Å². The monoisotopic (exact) mass is 395 g/mol. The van der Waals surface area contributed by atoms with Crippen LogP contribution in [-0.2, 0) is 14.8 Å². The van der Waals surface area contributed by atoms with Crippen molar-refractivity contribution >= 4 is 15.9 Å². The van der Waals surface area contributed by atoms with Gasteiger partial charge in [-0.3, -0.25) is 4.79 Å². The molecule has 2 aliphatic rings. The Labute approximate surface area is 161 Å². The predicted molar refractivity (Wildman–Crippen MR) is 103 cm³/mol. The van der Waals surface area contributed by atoms with Crippen LogP contribution in [0.25, 0.3) is 0 Å². The fourth-order valence-corrected chi connectivity index (χ4v) is 5.26. The number of carbonyl (C=O) groups excluding carboxylic acids is 1. The van der Waals surface area contributed by atoms with Crippen LogP contribution in [-0.4, -0.2) is 81.4 Å². The Balaban J connectivity index is 1.56. The topological polar surface area (TPSA) is 70.2 Å². The Morgan fingerprint density at radius 1 is 1.07 bits per heavy atom. The lowest BCUT2D eigenvalue weighted by molar-refractivity contribution is -0.132. The summed E-state index contributed by atoms with van der Waals surface area (Å²) in [7, 11) is -1.99. The molecular weight excluding hydrogens is 366 g/mol. The number of ether oxygens (including phenoxy) is 1. The fourth-order valence-electron chi connectivity index (χ4n) is 3.76. The third-order valence-electron chi connectivity index (χ3n) is 5.44. The van der Waals surface area contributed by atoms with Crippen LogP contribution < -0.4 is 4.74 Å². The first-order valence-electron chi connectivity index (χ1n) is 9.57. The van der Waals surface area contributed by atoms with Crippen LogP contribution in [0.4, 0.5) is 0 Å². The van der Waals surface area contributed by atoms with Crippen molar-refractivity contribution in [1.29, 1.82) is 0 Å². The van der Waals surface area contributed by atoms with Crippen LogP contribution in [0.5, 0.6) is 5.75 Å². The molecule has 3 rings (SSSR count). The van der Waals surface area contributed by atoms with E-state index in [9.17, 15) is 13.2 Å². The molecule has 1 aromatic rings. The van der Waals surface area contributed by atoms with Gasteiger partial charge in [0.05, 0.1) is 12.0 Å². The Hall–Kier alpha value is -1.64. The van der Waals surface area contributed by atoms with Crippen LogP contribution in [0.2, 0.25) is 0 Å². The lowest BCUT2D eigenvalue weighted by Crippen LogP contribution is -2.50. The van der Waals surface area contributed by atoms with Crippen LogP contribution in [0.1, 0.15) is 24.8 Å². The van der Waals surface area contributed by atoms with E-state index in [2.05, 4.69) is 4.90 Å². The molecule has 2 fully saturated rings. The average molecular weight is 396 g/mol. The highest BCUT2D eigenvalue weighted by Crippen LogP contribution is 2.24. The third-order valence-corrected chi connectivity index (χ3v) is 7.33. The van der Waals surface area contributed by atoms with E-state index in [0.717, 1.165) is 25.2 Å². The number of benzene rings is 1. The highest BCUT2D eigenvalue weighted by atomic mass is 32.2. The first-order valence-corrected chi connectivity index (χ1v) is 11.0. The summed E-state index contributed by atoms with van der Waals surface area (Å²) < 4.78 is 32.5. The summed E-state index contributed by atoms with van der Waals surface area (Å²) in [4.78, 5) is 16.8. The summed E-state index contributed by atoms with van der Waals surface area (Å²) in [5, 5.41) is 0. The van der Waals surface area contributed by atoms with Gasteiger partial charge in [-0.2, -0.15) is 4.31 Å². The minimum Gasteiger partial charge on any atom is -0.496 e. The van der Waals surface area contributed by atoms with E-state index >= 15 is 0 Å². The van der Waals surface area contributed by atoms with E-state index in [1.54, 1.807) is 30.2 Å². The number of sulfonamides is 1. The van der Waals surface area contributed by atoms with Crippen LogP contribution in [0, 0.1) is 6.92 Å². The van der Waals surface area contributed by atoms with Crippen LogP contribution in [0.3, 0.4) is 0 Å². The van der Waals surface area contributed by atoms with Gasteiger partial charge in [-0.1, -0.05) is 0 Å². The van der Waals surface area contributed by atoms with Gasteiger partial charge in [0.25, 0.3) is 0 Å². The number of carbonyl (C=O) groups is 1. The molecule has 27 heavy (non-hydrogen) atoms. The van der Waals surface area contributed by atoms with Gasteiger partial charge in [-0.25, -0.2) is 8.42 Å². The molecule has 0 N–H and O–H groups in total. The van der Waals surface area contributed by atoms with Crippen molar-refractivity contribution in [3.05, 3.63) is 23.8 Å². The Kier molecular flexibility index (Phi) is 6.39. The van der Waals surface area contributed by atoms with Crippen molar-refractivity contribution < 1.29 is 17.9 Å². The van der Waals surface area contributed by atoms with Crippen molar-refractivity contribution in [2.45, 2.75) is 31.1 Å². The summed E-state index contributed by atoms with van der Waals surface area (Å²) in [5.74, 6) is 0.793. The number of aryl methyl sites for hydroxylation is 1. The number of likely N-dealkylation sites (tertiary alicyclic amines) is 1. The molecule has 0 unspecified atom stereocenters. The molecule has 7 nitrogen and oxygen atoms in total. The van der Waals surface area contributed by atoms with Crippen molar-refractivity contribution in [3.8, 4) is 5.75 Å². The number of hydrogen-bond acceptors (Lipinski definition) is 5. The molecule has 2 saturated heterocycles. The standard InChI is InChI=1S/C19H29N3O4S/c1-16-15-17(5-6-18(16)26-2)27(24,25)22-13-11-21(12-14-22)19(23)7-10-20-8-3-4-9-20/h5-6,15H,3-4,7-14H2,1-2H3. The normalized spacial score (nSPS) is 19.4. The average Bonchev–Trinajstić information content (AvgIpc) is 3.19. The number of rotatable bonds is 6. The maximum absolute atomic E-state index is 12.9. The Bertz CT molecular complexity index is 767. The molecule has 1 aromatic carbocycles. The molecule has 0 aliphatic carbocycles. The summed E-state index contributed by atoms with van der Waals surface area (Å²) in [6, 6.07) is 4.90. The van der Waals surface area contributed by atoms with Gasteiger partial charge < -0.3 is 14.5 Å². The molecule has 0 spiro atoms. The van der Waals surface area contributed by atoms with Gasteiger partial charge >= 0.3 is 0 Å². The number of amides is 1. The van der Waals surface area contributed by atoms with E-state index < -0.39 is 10.0 Å². The van der Waals surface area contributed by atoms with Crippen LogP contribution >= 0.6 is 0 Å². The lowest BCUT2D eigenvalue weighted by Gasteiger charge is -2.34. The van der Waals surface area contributed by atoms with E-state index in [1.807, 2.05) is 6.92 Å². The molecular formula is C19H29N3O4S. The quantitative estimate of drug-likeness (QED) is 0.727. The number of piperazine rings is 1. The Morgan fingerprint density at radius 2 is 1.74 bits per heavy atom. The van der Waals surface area contributed by atoms with Crippen molar-refractivity contribution in [2.75, 3.05) is 52.9 Å². The molecule has 0 aromatic heterocycles. The molecule has 2 heterocycles. The lowest BCUT2D eigenvalue weighted by atomic mass is 10.2. The third kappa shape index (κ3) is 4.62. The highest BCUT2D eigenvalue weighted by molar-refractivity contribution is 7.89. The summed E-state index contributed by atoms with van der Waals surface area (Å²) >= 11 is 0. The molecule has 0 bridgehead atoms. The first-order chi connectivity index (χ1) is 12.9.